The summed E-state index contributed by atoms with van der Waals surface area (Å²) in [5, 5.41) is 35.1. The first kappa shape index (κ1) is 24.3. The number of hydrogen-bond acceptors (Lipinski definition) is 7. The molecule has 7 unspecified atom stereocenters. The maximum absolute atomic E-state index is 12.5. The second kappa shape index (κ2) is 8.47. The maximum atomic E-state index is 12.5. The first-order valence-electron chi connectivity index (χ1n) is 13.6. The third kappa shape index (κ3) is 3.38. The number of aliphatic hydroxyl groups is 3. The largest absolute Gasteiger partial charge is 0.458 e. The van der Waals surface area contributed by atoms with E-state index in [1.165, 1.54) is 0 Å². The van der Waals surface area contributed by atoms with Crippen molar-refractivity contribution in [2.45, 2.75) is 88.6 Å². The number of aliphatic imine (C=N–C) groups is 1. The lowest BCUT2D eigenvalue weighted by molar-refractivity contribution is -0.237. The molecule has 4 fully saturated rings. The van der Waals surface area contributed by atoms with Crippen LogP contribution in [0.3, 0.4) is 0 Å². The van der Waals surface area contributed by atoms with Gasteiger partial charge < -0.3 is 20.1 Å². The molecule has 7 heteroatoms. The molecule has 2 heterocycles. The average molecular weight is 495 g/mol. The minimum absolute atomic E-state index is 0.0442. The van der Waals surface area contributed by atoms with Crippen LogP contribution in [0.1, 0.15) is 70.3 Å². The zero-order chi connectivity index (χ0) is 25.2. The van der Waals surface area contributed by atoms with Crippen molar-refractivity contribution in [3.63, 3.8) is 0 Å². The Morgan fingerprint density at radius 3 is 2.61 bits per heavy atom. The molecule has 0 bridgehead atoms. The Balaban J connectivity index is 1.35. The molecule has 0 saturated heterocycles. The van der Waals surface area contributed by atoms with Gasteiger partial charge in [0.15, 0.2) is 0 Å². The molecule has 1 aromatic rings. The third-order valence-corrected chi connectivity index (χ3v) is 11.0. The van der Waals surface area contributed by atoms with Gasteiger partial charge in [-0.05, 0) is 92.4 Å². The average Bonchev–Trinajstić information content (AvgIpc) is 3.40. The van der Waals surface area contributed by atoms with Crippen LogP contribution in [0, 0.1) is 28.6 Å². The number of ether oxygens (including phenoxy) is 1. The number of cyclic esters (lactones) is 1. The molecule has 5 aliphatic rings. The van der Waals surface area contributed by atoms with Crippen molar-refractivity contribution in [2.75, 3.05) is 6.61 Å². The predicted molar refractivity (Wildman–Crippen MR) is 134 cm³/mol. The summed E-state index contributed by atoms with van der Waals surface area (Å²) in [4.78, 5) is 20.8. The van der Waals surface area contributed by atoms with E-state index in [4.69, 9.17) is 9.73 Å². The Kier molecular flexibility index (Phi) is 5.71. The van der Waals surface area contributed by atoms with Crippen LogP contribution in [0.4, 0.5) is 0 Å². The summed E-state index contributed by atoms with van der Waals surface area (Å²) >= 11 is 0. The van der Waals surface area contributed by atoms with E-state index < -0.39 is 22.7 Å². The van der Waals surface area contributed by atoms with Crippen molar-refractivity contribution < 1.29 is 24.9 Å². The number of esters is 1. The molecule has 0 radical (unpaired) electrons. The second-order valence-corrected chi connectivity index (χ2v) is 12.3. The lowest BCUT2D eigenvalue weighted by atomic mass is 9.41. The molecule has 36 heavy (non-hydrogen) atoms. The van der Waals surface area contributed by atoms with Crippen molar-refractivity contribution in [1.29, 1.82) is 0 Å². The second-order valence-electron chi connectivity index (χ2n) is 12.3. The van der Waals surface area contributed by atoms with E-state index in [2.05, 4.69) is 11.9 Å². The summed E-state index contributed by atoms with van der Waals surface area (Å²) in [5.74, 6) is 0.00532. The third-order valence-electron chi connectivity index (χ3n) is 11.0. The molecule has 1 aliphatic heterocycles. The molecular formula is C29H38N2O5. The minimum atomic E-state index is -1.02. The van der Waals surface area contributed by atoms with Crippen LogP contribution in [-0.2, 0) is 16.1 Å². The normalized spacial score (nSPS) is 46.1. The number of hydrogen-bond donors (Lipinski definition) is 3. The summed E-state index contributed by atoms with van der Waals surface area (Å²) in [7, 11) is 0. The van der Waals surface area contributed by atoms with Gasteiger partial charge in [0.1, 0.15) is 6.61 Å². The Morgan fingerprint density at radius 2 is 1.86 bits per heavy atom. The molecule has 7 nitrogen and oxygen atoms in total. The summed E-state index contributed by atoms with van der Waals surface area (Å²) in [6.45, 7) is 3.07. The molecule has 1 aromatic heterocycles. The fourth-order valence-corrected chi connectivity index (χ4v) is 9.16. The van der Waals surface area contributed by atoms with Crippen LogP contribution < -0.4 is 0 Å². The molecular weight excluding hydrogens is 456 g/mol. The van der Waals surface area contributed by atoms with E-state index in [1.807, 2.05) is 18.3 Å². The van der Waals surface area contributed by atoms with Crippen molar-refractivity contribution in [2.24, 2.45) is 33.6 Å². The lowest BCUT2D eigenvalue weighted by Crippen LogP contribution is -2.68. The van der Waals surface area contributed by atoms with Gasteiger partial charge in [0.2, 0.25) is 0 Å². The van der Waals surface area contributed by atoms with Crippen LogP contribution >= 0.6 is 0 Å². The Labute approximate surface area is 212 Å². The molecule has 6 rings (SSSR count). The molecule has 194 valence electrons. The fraction of sp³-hybridized carbons (Fsp3) is 0.690. The van der Waals surface area contributed by atoms with Gasteiger partial charge in [-0.25, -0.2) is 4.79 Å². The van der Waals surface area contributed by atoms with Gasteiger partial charge in [-0.1, -0.05) is 6.92 Å². The van der Waals surface area contributed by atoms with Crippen molar-refractivity contribution >= 4 is 12.2 Å². The zero-order valence-corrected chi connectivity index (χ0v) is 21.1. The summed E-state index contributed by atoms with van der Waals surface area (Å²) in [6.07, 6.45) is 12.9. The van der Waals surface area contributed by atoms with E-state index in [0.29, 0.717) is 45.3 Å². The van der Waals surface area contributed by atoms with Gasteiger partial charge in [0.05, 0.1) is 23.9 Å². The minimum Gasteiger partial charge on any atom is -0.458 e. The highest BCUT2D eigenvalue weighted by Crippen LogP contribution is 2.70. The maximum Gasteiger partial charge on any atom is 0.331 e. The number of nitrogens with zero attached hydrogens (tertiary/aromatic N) is 2. The number of rotatable bonds is 4. The van der Waals surface area contributed by atoms with Crippen molar-refractivity contribution in [1.82, 2.24) is 4.98 Å². The lowest BCUT2D eigenvalue weighted by Gasteiger charge is -2.65. The highest BCUT2D eigenvalue weighted by molar-refractivity contribution is 5.85. The molecule has 0 spiro atoms. The highest BCUT2D eigenvalue weighted by Gasteiger charge is 2.71. The number of aromatic nitrogens is 1. The van der Waals surface area contributed by atoms with Gasteiger partial charge in [-0.3, -0.25) is 9.98 Å². The van der Waals surface area contributed by atoms with Crippen LogP contribution in [0.2, 0.25) is 0 Å². The van der Waals surface area contributed by atoms with Crippen LogP contribution in [0.25, 0.3) is 0 Å². The van der Waals surface area contributed by atoms with Gasteiger partial charge in [0, 0.05) is 41.9 Å². The highest BCUT2D eigenvalue weighted by atomic mass is 16.5. The summed E-state index contributed by atoms with van der Waals surface area (Å²) in [5.41, 5.74) is -0.686. The molecule has 8 atom stereocenters. The monoisotopic (exact) mass is 494 g/mol. The quantitative estimate of drug-likeness (QED) is 0.437. The van der Waals surface area contributed by atoms with Gasteiger partial charge in [-0.2, -0.15) is 0 Å². The molecule has 0 aromatic carbocycles. The summed E-state index contributed by atoms with van der Waals surface area (Å²) < 4.78 is 5.24. The van der Waals surface area contributed by atoms with E-state index in [9.17, 15) is 20.1 Å². The van der Waals surface area contributed by atoms with E-state index >= 15 is 0 Å². The van der Waals surface area contributed by atoms with E-state index in [-0.39, 0.29) is 29.1 Å². The van der Waals surface area contributed by atoms with Gasteiger partial charge >= 0.3 is 5.97 Å². The smallest absolute Gasteiger partial charge is 0.331 e. The number of carbonyl (C=O) groups is 1. The number of carbonyl (C=O) groups excluding carboxylic acids is 1. The van der Waals surface area contributed by atoms with Crippen molar-refractivity contribution in [3.05, 3.63) is 41.7 Å². The molecule has 4 aliphatic carbocycles. The standard InChI is InChI=1S/C29H38N2O5/c1-26-8-3-23-24(29(26,35)11-5-22(26)20-14-25(33)36-17-20)4-10-28(34)15-21(32)2-9-27(23,28)18-31-16-19-6-12-30-13-7-19/h6-7,12-14,18,21-24,32,34-35H,2-5,8-11,15-17H2,1H3/t21?,22?,23-,24?,26?,27?,28?,29?/m0/s1. The van der Waals surface area contributed by atoms with Crippen molar-refractivity contribution in [3.8, 4) is 0 Å². The zero-order valence-electron chi connectivity index (χ0n) is 21.1. The molecule has 4 saturated carbocycles. The number of aliphatic hydroxyl groups excluding tert-OH is 1. The van der Waals surface area contributed by atoms with Crippen LogP contribution in [0.5, 0.6) is 0 Å². The topological polar surface area (TPSA) is 112 Å². The SMILES string of the molecule is CC12CC[C@H]3C(CCC4(O)CC(O)CCC34C=NCc3ccncc3)C1(O)CCC2C1=CC(=O)OC1. The van der Waals surface area contributed by atoms with E-state index in [1.54, 1.807) is 18.5 Å². The Hall–Kier alpha value is -2.09. The summed E-state index contributed by atoms with van der Waals surface area (Å²) in [6, 6.07) is 3.91. The number of pyridine rings is 1. The van der Waals surface area contributed by atoms with Crippen LogP contribution in [0.15, 0.2) is 41.2 Å². The Morgan fingerprint density at radius 1 is 1.08 bits per heavy atom. The predicted octanol–water partition coefficient (Wildman–Crippen LogP) is 3.37. The fourth-order valence-electron chi connectivity index (χ4n) is 9.16. The first-order valence-corrected chi connectivity index (χ1v) is 13.6. The van der Waals surface area contributed by atoms with E-state index in [0.717, 1.165) is 36.8 Å². The molecule has 3 N–H and O–H groups in total. The van der Waals surface area contributed by atoms with Gasteiger partial charge in [0.25, 0.3) is 0 Å². The molecule has 0 amide bonds. The first-order chi connectivity index (χ1) is 17.2. The van der Waals surface area contributed by atoms with Gasteiger partial charge in [-0.15, -0.1) is 0 Å². The number of fused-ring (bicyclic) bond motifs is 5. The van der Waals surface area contributed by atoms with Crippen LogP contribution in [-0.4, -0.2) is 56.4 Å². The Bertz CT molecular complexity index is 1090.